The van der Waals surface area contributed by atoms with Crippen LogP contribution >= 0.6 is 0 Å². The lowest BCUT2D eigenvalue weighted by molar-refractivity contribution is -0.115. The molecule has 0 bridgehead atoms. The number of amides is 2. The molecule has 0 aliphatic rings. The number of anilines is 1. The first kappa shape index (κ1) is 21.0. The Kier molecular flexibility index (Phi) is 6.37. The molecule has 0 atom stereocenters. The van der Waals surface area contributed by atoms with Gasteiger partial charge in [-0.1, -0.05) is 78.9 Å². The summed E-state index contributed by atoms with van der Waals surface area (Å²) >= 11 is 0. The van der Waals surface area contributed by atoms with Gasteiger partial charge in [0.05, 0.1) is 12.1 Å². The van der Waals surface area contributed by atoms with Crippen molar-refractivity contribution in [1.82, 2.24) is 5.43 Å². The van der Waals surface area contributed by atoms with Crippen molar-refractivity contribution in [1.29, 1.82) is 0 Å². The number of carbonyl (C=O) groups is 2. The smallest absolute Gasteiger partial charge is 0.271 e. The third-order valence-electron chi connectivity index (χ3n) is 5.12. The minimum atomic E-state index is -0.344. The number of nitrogens with one attached hydrogen (secondary N) is 2. The molecule has 0 radical (unpaired) electrons. The van der Waals surface area contributed by atoms with E-state index in [1.807, 2.05) is 79.7 Å². The Bertz CT molecular complexity index is 1290. The Morgan fingerprint density at radius 3 is 2.38 bits per heavy atom. The maximum Gasteiger partial charge on any atom is 0.271 e. The Morgan fingerprint density at radius 1 is 0.812 bits per heavy atom. The number of nitrogens with zero attached hydrogens (tertiary/aromatic N) is 1. The highest BCUT2D eigenvalue weighted by atomic mass is 16.2. The number of hydrogen-bond acceptors (Lipinski definition) is 3. The van der Waals surface area contributed by atoms with Crippen LogP contribution < -0.4 is 10.7 Å². The molecular formula is C27H23N3O2. The molecule has 0 aromatic heterocycles. The Labute approximate surface area is 186 Å². The molecule has 0 spiro atoms. The molecule has 0 heterocycles. The van der Waals surface area contributed by atoms with E-state index in [9.17, 15) is 9.59 Å². The molecule has 0 aliphatic heterocycles. The van der Waals surface area contributed by atoms with Crippen LogP contribution in [-0.2, 0) is 11.2 Å². The fraction of sp³-hybridized carbons (Fsp3) is 0.0741. The van der Waals surface area contributed by atoms with Gasteiger partial charge in [0, 0.05) is 16.8 Å². The monoisotopic (exact) mass is 421 g/mol. The molecule has 5 nitrogen and oxygen atoms in total. The Balaban J connectivity index is 1.44. The molecule has 5 heteroatoms. The highest BCUT2D eigenvalue weighted by molar-refractivity contribution is 6.10. The van der Waals surface area contributed by atoms with Crippen molar-refractivity contribution in [2.45, 2.75) is 13.3 Å². The summed E-state index contributed by atoms with van der Waals surface area (Å²) in [5.74, 6) is -0.484. The molecule has 0 unspecified atom stereocenters. The first-order chi connectivity index (χ1) is 15.6. The van der Waals surface area contributed by atoms with Crippen LogP contribution in [0.4, 0.5) is 5.69 Å². The summed E-state index contributed by atoms with van der Waals surface area (Å²) in [6, 6.07) is 30.4. The zero-order valence-corrected chi connectivity index (χ0v) is 17.7. The lowest BCUT2D eigenvalue weighted by Gasteiger charge is -2.08. The first-order valence-electron chi connectivity index (χ1n) is 10.4. The largest absolute Gasteiger partial charge is 0.326 e. The van der Waals surface area contributed by atoms with Crippen LogP contribution in [0.2, 0.25) is 0 Å². The minimum Gasteiger partial charge on any atom is -0.326 e. The van der Waals surface area contributed by atoms with Gasteiger partial charge >= 0.3 is 0 Å². The summed E-state index contributed by atoms with van der Waals surface area (Å²) in [4.78, 5) is 25.0. The number of rotatable bonds is 6. The number of hydrazone groups is 1. The fourth-order valence-corrected chi connectivity index (χ4v) is 3.52. The SMILES string of the molecule is C/C(=N/NC(=O)c1cccc(NC(=O)Cc2ccccc2)c1)c1cccc2ccccc12. The normalized spacial score (nSPS) is 11.2. The van der Waals surface area contributed by atoms with Gasteiger partial charge < -0.3 is 5.32 Å². The van der Waals surface area contributed by atoms with Crippen LogP contribution in [0.15, 0.2) is 102 Å². The summed E-state index contributed by atoms with van der Waals surface area (Å²) in [6.45, 7) is 1.86. The molecule has 158 valence electrons. The summed E-state index contributed by atoms with van der Waals surface area (Å²) in [5, 5.41) is 9.33. The van der Waals surface area contributed by atoms with Gasteiger partial charge in [-0.05, 0) is 41.5 Å². The van der Waals surface area contributed by atoms with Crippen LogP contribution in [-0.4, -0.2) is 17.5 Å². The third kappa shape index (κ3) is 5.08. The highest BCUT2D eigenvalue weighted by Gasteiger charge is 2.09. The molecule has 4 rings (SSSR count). The molecule has 0 aliphatic carbocycles. The van der Waals surface area contributed by atoms with Gasteiger partial charge in [-0.3, -0.25) is 9.59 Å². The highest BCUT2D eigenvalue weighted by Crippen LogP contribution is 2.19. The van der Waals surface area contributed by atoms with Crippen molar-refractivity contribution in [3.8, 4) is 0 Å². The van der Waals surface area contributed by atoms with E-state index in [4.69, 9.17) is 0 Å². The van der Waals surface area contributed by atoms with E-state index in [0.29, 0.717) is 17.0 Å². The maximum atomic E-state index is 12.6. The fourth-order valence-electron chi connectivity index (χ4n) is 3.52. The number of fused-ring (bicyclic) bond motifs is 1. The first-order valence-corrected chi connectivity index (χ1v) is 10.4. The second-order valence-corrected chi connectivity index (χ2v) is 7.46. The van der Waals surface area contributed by atoms with Crippen molar-refractivity contribution in [3.05, 3.63) is 114 Å². The van der Waals surface area contributed by atoms with Crippen LogP contribution in [0.25, 0.3) is 10.8 Å². The third-order valence-corrected chi connectivity index (χ3v) is 5.12. The zero-order valence-electron chi connectivity index (χ0n) is 17.7. The number of carbonyl (C=O) groups excluding carboxylic acids is 2. The molecule has 4 aromatic rings. The second kappa shape index (κ2) is 9.71. The Morgan fingerprint density at radius 2 is 1.53 bits per heavy atom. The molecule has 2 N–H and O–H groups in total. The number of hydrogen-bond donors (Lipinski definition) is 2. The summed E-state index contributed by atoms with van der Waals surface area (Å²) < 4.78 is 0. The van der Waals surface area contributed by atoms with E-state index < -0.39 is 0 Å². The lowest BCUT2D eigenvalue weighted by Crippen LogP contribution is -2.20. The average Bonchev–Trinajstić information content (AvgIpc) is 2.82. The average molecular weight is 422 g/mol. The van der Waals surface area contributed by atoms with E-state index in [-0.39, 0.29) is 18.2 Å². The predicted molar refractivity (Wildman–Crippen MR) is 129 cm³/mol. The quantitative estimate of drug-likeness (QED) is 0.333. The van der Waals surface area contributed by atoms with Crippen molar-refractivity contribution in [2.75, 3.05) is 5.32 Å². The standard InChI is InChI=1S/C27H23N3O2/c1-19(24-16-8-12-21-11-5-6-15-25(21)24)29-30-27(32)22-13-7-14-23(18-22)28-26(31)17-20-9-3-2-4-10-20/h2-16,18H,17H2,1H3,(H,28,31)(H,30,32)/b29-19-. The van der Waals surface area contributed by atoms with E-state index >= 15 is 0 Å². The van der Waals surface area contributed by atoms with E-state index in [2.05, 4.69) is 15.8 Å². The van der Waals surface area contributed by atoms with Gasteiger partial charge in [0.15, 0.2) is 0 Å². The molecule has 2 amide bonds. The van der Waals surface area contributed by atoms with E-state index in [0.717, 1.165) is 21.9 Å². The molecule has 0 fully saturated rings. The molecule has 0 saturated heterocycles. The zero-order chi connectivity index (χ0) is 22.3. The summed E-state index contributed by atoms with van der Waals surface area (Å²) in [5.41, 5.74) is 6.20. The van der Waals surface area contributed by atoms with Crippen LogP contribution in [0.5, 0.6) is 0 Å². The van der Waals surface area contributed by atoms with Gasteiger partial charge in [0.2, 0.25) is 5.91 Å². The van der Waals surface area contributed by atoms with Crippen molar-refractivity contribution in [3.63, 3.8) is 0 Å². The van der Waals surface area contributed by atoms with Crippen molar-refractivity contribution < 1.29 is 9.59 Å². The van der Waals surface area contributed by atoms with Gasteiger partial charge in [0.25, 0.3) is 5.91 Å². The van der Waals surface area contributed by atoms with Crippen LogP contribution in [0.1, 0.15) is 28.4 Å². The molecule has 32 heavy (non-hydrogen) atoms. The van der Waals surface area contributed by atoms with Gasteiger partial charge in [-0.25, -0.2) is 5.43 Å². The molecule has 0 saturated carbocycles. The number of benzene rings is 4. The molecular weight excluding hydrogens is 398 g/mol. The summed E-state index contributed by atoms with van der Waals surface area (Å²) in [6.07, 6.45) is 0.270. The minimum absolute atomic E-state index is 0.140. The van der Waals surface area contributed by atoms with Gasteiger partial charge in [-0.2, -0.15) is 5.10 Å². The molecule has 4 aromatic carbocycles. The van der Waals surface area contributed by atoms with E-state index in [1.54, 1.807) is 24.3 Å². The van der Waals surface area contributed by atoms with Gasteiger partial charge in [0.1, 0.15) is 0 Å². The summed E-state index contributed by atoms with van der Waals surface area (Å²) in [7, 11) is 0. The maximum absolute atomic E-state index is 12.6. The van der Waals surface area contributed by atoms with Crippen molar-refractivity contribution in [2.24, 2.45) is 5.10 Å². The van der Waals surface area contributed by atoms with Crippen LogP contribution in [0.3, 0.4) is 0 Å². The van der Waals surface area contributed by atoms with Crippen LogP contribution in [0, 0.1) is 0 Å². The van der Waals surface area contributed by atoms with Gasteiger partial charge in [-0.15, -0.1) is 0 Å². The van der Waals surface area contributed by atoms with E-state index in [1.165, 1.54) is 0 Å². The Hall–Kier alpha value is -4.25. The predicted octanol–water partition coefficient (Wildman–Crippen LogP) is 5.18. The van der Waals surface area contributed by atoms with Crippen molar-refractivity contribution >= 4 is 34.0 Å². The topological polar surface area (TPSA) is 70.6 Å². The second-order valence-electron chi connectivity index (χ2n) is 7.46. The lowest BCUT2D eigenvalue weighted by atomic mass is 10.0.